The number of amides is 1. The molecule has 0 bridgehead atoms. The molecule has 1 aromatic heterocycles. The van der Waals surface area contributed by atoms with Gasteiger partial charge in [-0.2, -0.15) is 5.10 Å². The van der Waals surface area contributed by atoms with Crippen LogP contribution in [-0.4, -0.2) is 39.7 Å². The summed E-state index contributed by atoms with van der Waals surface area (Å²) in [6.07, 6.45) is 2.36. The van der Waals surface area contributed by atoms with Crippen molar-refractivity contribution in [3.63, 3.8) is 0 Å². The lowest BCUT2D eigenvalue weighted by molar-refractivity contribution is 0.0533. The Kier molecular flexibility index (Phi) is 6.45. The van der Waals surface area contributed by atoms with Crippen molar-refractivity contribution in [1.82, 2.24) is 14.7 Å². The summed E-state index contributed by atoms with van der Waals surface area (Å²) >= 11 is 0. The van der Waals surface area contributed by atoms with E-state index < -0.39 is 17.2 Å². The van der Waals surface area contributed by atoms with E-state index in [4.69, 9.17) is 5.73 Å². The second kappa shape index (κ2) is 8.03. The molecule has 1 aliphatic rings. The van der Waals surface area contributed by atoms with Crippen LogP contribution in [0.2, 0.25) is 0 Å². The molecule has 29 heavy (non-hydrogen) atoms. The maximum atomic E-state index is 14.5. The summed E-state index contributed by atoms with van der Waals surface area (Å²) in [5.41, 5.74) is 6.23. The predicted molar refractivity (Wildman–Crippen MR) is 112 cm³/mol. The molecule has 1 unspecified atom stereocenters. The van der Waals surface area contributed by atoms with Crippen LogP contribution in [0.25, 0.3) is 11.3 Å². The minimum Gasteiger partial charge on any atom is -0.338 e. The number of piperidine rings is 1. The van der Waals surface area contributed by atoms with Crippen LogP contribution in [-0.2, 0) is 5.54 Å². The number of carbonyl (C=O) groups is 1. The van der Waals surface area contributed by atoms with E-state index in [1.165, 1.54) is 12.1 Å². The molecule has 5 nitrogen and oxygen atoms in total. The molecule has 1 fully saturated rings. The zero-order chi connectivity index (χ0) is 20.9. The van der Waals surface area contributed by atoms with Gasteiger partial charge in [0, 0.05) is 37.0 Å². The Balaban J connectivity index is 0.00000300. The Morgan fingerprint density at radius 3 is 2.48 bits per heavy atom. The van der Waals surface area contributed by atoms with E-state index in [9.17, 15) is 13.6 Å². The molecule has 8 heteroatoms. The number of nitrogens with zero attached hydrogens (tertiary/aromatic N) is 3. The van der Waals surface area contributed by atoms with Gasteiger partial charge in [0.15, 0.2) is 0 Å². The molecule has 0 spiro atoms. The predicted octanol–water partition coefficient (Wildman–Crippen LogP) is 4.20. The minimum atomic E-state index is -0.741. The van der Waals surface area contributed by atoms with Gasteiger partial charge in [-0.3, -0.25) is 9.48 Å². The summed E-state index contributed by atoms with van der Waals surface area (Å²) in [4.78, 5) is 15.1. The Morgan fingerprint density at radius 1 is 1.28 bits per heavy atom. The molecule has 1 amide bonds. The number of hydrogen-bond acceptors (Lipinski definition) is 3. The summed E-state index contributed by atoms with van der Waals surface area (Å²) in [6, 6.07) is 3.32. The van der Waals surface area contributed by atoms with E-state index >= 15 is 0 Å². The average molecular weight is 427 g/mol. The molecule has 3 rings (SSSR count). The fraction of sp³-hybridized carbons (Fsp3) is 0.524. The van der Waals surface area contributed by atoms with Gasteiger partial charge in [0.25, 0.3) is 5.91 Å². The number of benzene rings is 1. The highest BCUT2D eigenvalue weighted by atomic mass is 35.5. The number of carbonyl (C=O) groups excluding carboxylic acids is 1. The zero-order valence-corrected chi connectivity index (χ0v) is 18.3. The highest BCUT2D eigenvalue weighted by Gasteiger charge is 2.37. The average Bonchev–Trinajstić information content (AvgIpc) is 3.02. The van der Waals surface area contributed by atoms with E-state index in [2.05, 4.69) is 5.10 Å². The third-order valence-corrected chi connectivity index (χ3v) is 5.42. The first-order valence-corrected chi connectivity index (χ1v) is 9.50. The largest absolute Gasteiger partial charge is 0.338 e. The molecular formula is C21H29ClF2N4O. The van der Waals surface area contributed by atoms with Crippen LogP contribution in [0.3, 0.4) is 0 Å². The minimum absolute atomic E-state index is 0. The summed E-state index contributed by atoms with van der Waals surface area (Å²) in [5, 5.41) is 4.49. The molecule has 0 saturated carbocycles. The van der Waals surface area contributed by atoms with Gasteiger partial charge in [0.05, 0.1) is 11.1 Å². The van der Waals surface area contributed by atoms with Gasteiger partial charge >= 0.3 is 0 Å². The third-order valence-electron chi connectivity index (χ3n) is 5.42. The van der Waals surface area contributed by atoms with Crippen molar-refractivity contribution in [2.24, 2.45) is 11.1 Å². The second-order valence-electron chi connectivity index (χ2n) is 9.24. The van der Waals surface area contributed by atoms with E-state index in [0.29, 0.717) is 25.1 Å². The van der Waals surface area contributed by atoms with Gasteiger partial charge in [-0.15, -0.1) is 12.4 Å². The highest BCUT2D eigenvalue weighted by Crippen LogP contribution is 2.32. The van der Waals surface area contributed by atoms with E-state index in [1.54, 1.807) is 15.8 Å². The van der Waals surface area contributed by atoms with Gasteiger partial charge < -0.3 is 10.6 Å². The molecule has 2 aromatic rings. The maximum Gasteiger partial charge on any atom is 0.257 e. The van der Waals surface area contributed by atoms with Gasteiger partial charge in [-0.05, 0) is 44.7 Å². The van der Waals surface area contributed by atoms with Crippen LogP contribution < -0.4 is 5.73 Å². The maximum absolute atomic E-state index is 14.5. The molecule has 1 saturated heterocycles. The number of nitrogens with two attached hydrogens (primary N) is 1. The summed E-state index contributed by atoms with van der Waals surface area (Å²) in [7, 11) is 0. The van der Waals surface area contributed by atoms with E-state index in [-0.39, 0.29) is 41.0 Å². The smallest absolute Gasteiger partial charge is 0.257 e. The molecule has 1 aliphatic heterocycles. The Hall–Kier alpha value is -1.99. The van der Waals surface area contributed by atoms with Crippen molar-refractivity contribution >= 4 is 18.3 Å². The van der Waals surface area contributed by atoms with Crippen molar-refractivity contribution in [1.29, 1.82) is 0 Å². The van der Waals surface area contributed by atoms with Gasteiger partial charge in [-0.1, -0.05) is 13.8 Å². The Labute approximate surface area is 176 Å². The number of likely N-dealkylation sites (tertiary alicyclic amines) is 1. The number of halogens is 3. The number of aromatic nitrogens is 2. The Bertz CT molecular complexity index is 905. The van der Waals surface area contributed by atoms with Crippen molar-refractivity contribution in [3.05, 3.63) is 41.6 Å². The zero-order valence-electron chi connectivity index (χ0n) is 17.5. The fourth-order valence-electron chi connectivity index (χ4n) is 3.47. The molecule has 0 aliphatic carbocycles. The summed E-state index contributed by atoms with van der Waals surface area (Å²) in [6.45, 7) is 11.0. The Morgan fingerprint density at radius 2 is 1.93 bits per heavy atom. The van der Waals surface area contributed by atoms with Gasteiger partial charge in [0.2, 0.25) is 0 Å². The normalized spacial score (nSPS) is 19.0. The molecular weight excluding hydrogens is 398 g/mol. The first-order chi connectivity index (χ1) is 12.9. The van der Waals surface area contributed by atoms with Gasteiger partial charge in [-0.25, -0.2) is 8.78 Å². The van der Waals surface area contributed by atoms with Crippen LogP contribution in [0.4, 0.5) is 8.78 Å². The molecule has 2 N–H and O–H groups in total. The molecule has 0 radical (unpaired) electrons. The van der Waals surface area contributed by atoms with Crippen molar-refractivity contribution in [2.45, 2.75) is 52.6 Å². The van der Waals surface area contributed by atoms with Crippen molar-refractivity contribution < 1.29 is 13.6 Å². The number of rotatable bonds is 2. The molecule has 1 atom stereocenters. The van der Waals surface area contributed by atoms with Crippen LogP contribution in [0.15, 0.2) is 24.4 Å². The standard InChI is InChI=1S/C21H28F2N4O.ClH/c1-20(2,3)27-11-15(18(25-27)14-7-6-13(22)10-16(14)23)19(28)26-9-8-17(24)21(4,5)12-26;/h6-7,10-11,17H,8-9,12,24H2,1-5H3;1H. The second-order valence-corrected chi connectivity index (χ2v) is 9.24. The summed E-state index contributed by atoms with van der Waals surface area (Å²) in [5.74, 6) is -1.63. The SMILES string of the molecule is CC1(C)CN(C(=O)c2cn(C(C)(C)C)nc2-c2ccc(F)cc2F)CCC1N.Cl. The van der Waals surface area contributed by atoms with Crippen LogP contribution >= 0.6 is 12.4 Å². The van der Waals surface area contributed by atoms with Crippen molar-refractivity contribution in [2.75, 3.05) is 13.1 Å². The lowest BCUT2D eigenvalue weighted by atomic mass is 9.79. The summed E-state index contributed by atoms with van der Waals surface area (Å²) < 4.78 is 29.5. The highest BCUT2D eigenvalue weighted by molar-refractivity contribution is 6.00. The van der Waals surface area contributed by atoms with Gasteiger partial charge in [0.1, 0.15) is 17.3 Å². The van der Waals surface area contributed by atoms with Crippen LogP contribution in [0, 0.1) is 17.0 Å². The monoisotopic (exact) mass is 426 g/mol. The van der Waals surface area contributed by atoms with Crippen LogP contribution in [0.1, 0.15) is 51.4 Å². The quantitative estimate of drug-likeness (QED) is 0.782. The first-order valence-electron chi connectivity index (χ1n) is 9.50. The van der Waals surface area contributed by atoms with E-state index in [0.717, 1.165) is 6.07 Å². The van der Waals surface area contributed by atoms with Crippen molar-refractivity contribution in [3.8, 4) is 11.3 Å². The molecule has 1 aromatic carbocycles. The topological polar surface area (TPSA) is 64.2 Å². The molecule has 2 heterocycles. The lowest BCUT2D eigenvalue weighted by Crippen LogP contribution is -2.54. The number of hydrogen-bond donors (Lipinski definition) is 1. The molecule has 160 valence electrons. The fourth-order valence-corrected chi connectivity index (χ4v) is 3.47. The first kappa shape index (κ1) is 23.3. The van der Waals surface area contributed by atoms with E-state index in [1.807, 2.05) is 34.6 Å². The lowest BCUT2D eigenvalue weighted by Gasteiger charge is -2.42. The van der Waals surface area contributed by atoms with Crippen LogP contribution in [0.5, 0.6) is 0 Å². The third kappa shape index (κ3) is 4.61.